The first kappa shape index (κ1) is 23.7. The number of likely N-dealkylation sites (N-methyl/N-ethyl adjacent to an activating group) is 1. The van der Waals surface area contributed by atoms with E-state index in [-0.39, 0.29) is 11.7 Å². The van der Waals surface area contributed by atoms with Crippen LogP contribution in [0.1, 0.15) is 53.5 Å². The molecular weight excluding hydrogens is 438 g/mol. The van der Waals surface area contributed by atoms with E-state index in [4.69, 9.17) is 4.74 Å². The molecule has 1 aliphatic heterocycles. The highest BCUT2D eigenvalue weighted by molar-refractivity contribution is 7.89. The van der Waals surface area contributed by atoms with Crippen LogP contribution in [-0.2, 0) is 40.7 Å². The number of fused-ring (bicyclic) bond motifs is 2. The van der Waals surface area contributed by atoms with E-state index in [2.05, 4.69) is 10.9 Å². The summed E-state index contributed by atoms with van der Waals surface area (Å²) in [5.74, 6) is 1.40. The number of carbonyl (C=O) groups excluding carboxylic acids is 1. The van der Waals surface area contributed by atoms with Gasteiger partial charge in [0.1, 0.15) is 5.75 Å². The Hall–Kier alpha value is -2.42. The third kappa shape index (κ3) is 5.39. The number of hydrazine groups is 1. The van der Waals surface area contributed by atoms with Crippen molar-refractivity contribution in [2.75, 3.05) is 26.5 Å². The molecule has 2 aliphatic rings. The molecule has 1 atom stereocenters. The summed E-state index contributed by atoms with van der Waals surface area (Å²) in [6.45, 7) is 3.35. The summed E-state index contributed by atoms with van der Waals surface area (Å²) in [6, 6.07) is 12.2. The largest absolute Gasteiger partial charge is 0.496 e. The molecule has 0 saturated carbocycles. The second-order valence-electron chi connectivity index (χ2n) is 9.02. The first-order chi connectivity index (χ1) is 15.8. The van der Waals surface area contributed by atoms with E-state index >= 15 is 0 Å². The van der Waals surface area contributed by atoms with Gasteiger partial charge in [-0.3, -0.25) is 4.79 Å². The highest BCUT2D eigenvalue weighted by Crippen LogP contribution is 2.37. The Morgan fingerprint density at radius 2 is 2.00 bits per heavy atom. The Bertz CT molecular complexity index is 1130. The van der Waals surface area contributed by atoms with Crippen LogP contribution in [0.3, 0.4) is 0 Å². The van der Waals surface area contributed by atoms with E-state index in [0.29, 0.717) is 32.0 Å². The van der Waals surface area contributed by atoms with Crippen molar-refractivity contribution in [2.24, 2.45) is 0 Å². The highest BCUT2D eigenvalue weighted by atomic mass is 32.2. The van der Waals surface area contributed by atoms with E-state index in [1.165, 1.54) is 11.1 Å². The van der Waals surface area contributed by atoms with Gasteiger partial charge in [0.2, 0.25) is 15.9 Å². The Labute approximate surface area is 196 Å². The molecule has 2 aromatic carbocycles. The van der Waals surface area contributed by atoms with E-state index in [1.54, 1.807) is 19.0 Å². The molecule has 0 aromatic heterocycles. The summed E-state index contributed by atoms with van der Waals surface area (Å²) in [5.41, 5.74) is 5.68. The van der Waals surface area contributed by atoms with E-state index < -0.39 is 10.0 Å². The minimum Gasteiger partial charge on any atom is -0.496 e. The topological polar surface area (TPSA) is 79.0 Å². The average Bonchev–Trinajstić information content (AvgIpc) is 3.19. The molecule has 1 heterocycles. The van der Waals surface area contributed by atoms with Crippen molar-refractivity contribution in [1.82, 2.24) is 14.7 Å². The summed E-state index contributed by atoms with van der Waals surface area (Å²) in [7, 11) is 0.299. The van der Waals surface area contributed by atoms with Crippen molar-refractivity contribution in [3.63, 3.8) is 0 Å². The number of ether oxygens (including phenoxy) is 1. The van der Waals surface area contributed by atoms with Gasteiger partial charge in [0.25, 0.3) is 0 Å². The Balaban J connectivity index is 1.39. The smallest absolute Gasteiger partial charge is 0.226 e. The summed E-state index contributed by atoms with van der Waals surface area (Å²) in [4.78, 5) is 17.5. The van der Waals surface area contributed by atoms with Gasteiger partial charge in [-0.05, 0) is 60.1 Å². The fourth-order valence-corrected chi connectivity index (χ4v) is 5.57. The lowest BCUT2D eigenvalue weighted by atomic mass is 9.82. The number of methoxy groups -OCH3 is 1. The van der Waals surface area contributed by atoms with Gasteiger partial charge < -0.3 is 9.64 Å². The maximum absolute atomic E-state index is 13.0. The van der Waals surface area contributed by atoms with Gasteiger partial charge in [-0.25, -0.2) is 13.4 Å². The fraction of sp³-hybridized carbons (Fsp3) is 0.480. The van der Waals surface area contributed by atoms with Crippen molar-refractivity contribution >= 4 is 15.9 Å². The van der Waals surface area contributed by atoms with Gasteiger partial charge in [-0.2, -0.15) is 0 Å². The number of hydrogen-bond donors (Lipinski definition) is 1. The second kappa shape index (κ2) is 9.83. The quantitative estimate of drug-likeness (QED) is 0.640. The third-order valence-corrected chi connectivity index (χ3v) is 8.02. The van der Waals surface area contributed by atoms with E-state index in [9.17, 15) is 13.2 Å². The zero-order chi connectivity index (χ0) is 23.6. The molecule has 4 rings (SSSR count). The second-order valence-corrected chi connectivity index (χ2v) is 11.0. The number of carbonyl (C=O) groups is 1. The Kier molecular flexibility index (Phi) is 7.07. The zero-order valence-electron chi connectivity index (χ0n) is 19.6. The zero-order valence-corrected chi connectivity index (χ0v) is 20.5. The first-order valence-electron chi connectivity index (χ1n) is 11.5. The van der Waals surface area contributed by atoms with Crippen LogP contribution in [-0.4, -0.2) is 50.7 Å². The van der Waals surface area contributed by atoms with Gasteiger partial charge in [-0.15, -0.1) is 4.83 Å². The predicted octanol–water partition coefficient (Wildman–Crippen LogP) is 2.99. The molecule has 33 heavy (non-hydrogen) atoms. The number of rotatable bonds is 8. The molecule has 8 heteroatoms. The number of nitrogens with zero attached hydrogens (tertiary/aromatic N) is 2. The SMILES string of the molecule is CCS(=O)(=O)NN1Cc2ccc(CC(=O)N(C)C[C@@H]3CCCc4c(OC)cccc43)cc2C1. The summed E-state index contributed by atoms with van der Waals surface area (Å²) in [5, 5.41) is 1.70. The molecule has 0 spiro atoms. The predicted molar refractivity (Wildman–Crippen MR) is 128 cm³/mol. The van der Waals surface area contributed by atoms with Crippen molar-refractivity contribution in [2.45, 2.75) is 51.6 Å². The van der Waals surface area contributed by atoms with Crippen LogP contribution in [0.15, 0.2) is 36.4 Å². The minimum absolute atomic E-state index is 0.0458. The number of benzene rings is 2. The third-order valence-electron chi connectivity index (χ3n) is 6.73. The maximum Gasteiger partial charge on any atom is 0.226 e. The maximum atomic E-state index is 13.0. The van der Waals surface area contributed by atoms with Crippen LogP contribution < -0.4 is 9.57 Å². The van der Waals surface area contributed by atoms with Crippen LogP contribution in [0.4, 0.5) is 0 Å². The van der Waals surface area contributed by atoms with Gasteiger partial charge in [0.05, 0.1) is 19.3 Å². The number of sulfonamides is 1. The normalized spacial score (nSPS) is 18.0. The molecule has 0 unspecified atom stereocenters. The van der Waals surface area contributed by atoms with E-state index in [0.717, 1.165) is 41.7 Å². The summed E-state index contributed by atoms with van der Waals surface area (Å²) < 4.78 is 29.3. The van der Waals surface area contributed by atoms with Gasteiger partial charge >= 0.3 is 0 Å². The Morgan fingerprint density at radius 3 is 2.76 bits per heavy atom. The van der Waals surface area contributed by atoms with Crippen molar-refractivity contribution in [3.8, 4) is 5.75 Å². The highest BCUT2D eigenvalue weighted by Gasteiger charge is 2.26. The van der Waals surface area contributed by atoms with Crippen LogP contribution in [0, 0.1) is 0 Å². The lowest BCUT2D eigenvalue weighted by Crippen LogP contribution is -2.39. The monoisotopic (exact) mass is 471 g/mol. The number of nitrogens with one attached hydrogen (secondary N) is 1. The summed E-state index contributed by atoms with van der Waals surface area (Å²) >= 11 is 0. The van der Waals surface area contributed by atoms with Crippen LogP contribution in [0.25, 0.3) is 0 Å². The molecule has 1 aliphatic carbocycles. The lowest BCUT2D eigenvalue weighted by molar-refractivity contribution is -0.129. The molecule has 0 radical (unpaired) electrons. The molecule has 0 bridgehead atoms. The molecule has 0 fully saturated rings. The average molecular weight is 472 g/mol. The number of hydrogen-bond acceptors (Lipinski definition) is 5. The Morgan fingerprint density at radius 1 is 1.21 bits per heavy atom. The van der Waals surface area contributed by atoms with Gasteiger partial charge in [-0.1, -0.05) is 30.3 Å². The van der Waals surface area contributed by atoms with Crippen molar-refractivity contribution < 1.29 is 17.9 Å². The van der Waals surface area contributed by atoms with Crippen LogP contribution >= 0.6 is 0 Å². The van der Waals surface area contributed by atoms with Crippen molar-refractivity contribution in [1.29, 1.82) is 0 Å². The minimum atomic E-state index is -3.29. The lowest BCUT2D eigenvalue weighted by Gasteiger charge is -2.30. The molecular formula is C25H33N3O4S. The number of amides is 1. The van der Waals surface area contributed by atoms with E-state index in [1.807, 2.05) is 42.3 Å². The fourth-order valence-electron chi connectivity index (χ4n) is 4.92. The van der Waals surface area contributed by atoms with Crippen LogP contribution in [0.2, 0.25) is 0 Å². The first-order valence-corrected chi connectivity index (χ1v) is 13.2. The molecule has 1 N–H and O–H groups in total. The molecule has 0 saturated heterocycles. The molecule has 2 aromatic rings. The van der Waals surface area contributed by atoms with Crippen molar-refractivity contribution in [3.05, 3.63) is 64.2 Å². The molecule has 7 nitrogen and oxygen atoms in total. The summed E-state index contributed by atoms with van der Waals surface area (Å²) in [6.07, 6.45) is 3.53. The molecule has 1 amide bonds. The molecule has 178 valence electrons. The van der Waals surface area contributed by atoms with Gasteiger partial charge in [0.15, 0.2) is 0 Å². The standard InChI is InChI=1S/C25H33N3O4S/c1-4-33(30,31)26-28-16-19-12-11-18(13-21(19)17-28)14-25(29)27(2)15-20-7-5-9-23-22(20)8-6-10-24(23)32-3/h6,8,10-13,20,26H,4-5,7,9,14-17H2,1-3H3/t20-/m0/s1. The van der Waals surface area contributed by atoms with Gasteiger partial charge in [0, 0.05) is 32.6 Å². The van der Waals surface area contributed by atoms with Crippen LogP contribution in [0.5, 0.6) is 5.75 Å².